The smallest absolute Gasteiger partial charge is 0.135 e. The molecule has 1 aliphatic heterocycles. The average Bonchev–Trinajstić information content (AvgIpc) is 3.88. The fraction of sp³-hybridized carbons (Fsp3) is 0.262. The van der Waals surface area contributed by atoms with Crippen LogP contribution >= 0.6 is 0 Å². The quantitative estimate of drug-likeness (QED) is 0.128. The Morgan fingerprint density at radius 3 is 1.95 bits per heavy atom. The summed E-state index contributed by atoms with van der Waals surface area (Å²) in [5.74, 6) is 1.11. The van der Waals surface area contributed by atoms with Gasteiger partial charge in [0, 0.05) is 73.0 Å². The molecule has 3 heterocycles. The second-order valence-corrected chi connectivity index (χ2v) is 22.3. The third kappa shape index (κ3) is 9.74. The molecule has 1 aliphatic rings. The zero-order chi connectivity index (χ0) is 51.0. The fourth-order valence-corrected chi connectivity index (χ4v) is 10.2. The maximum absolute atomic E-state index is 15.6. The normalized spacial score (nSPS) is 12.9. The van der Waals surface area contributed by atoms with Crippen LogP contribution in [0.3, 0.4) is 0 Å². The topological polar surface area (TPSA) is 33.5 Å². The van der Waals surface area contributed by atoms with Gasteiger partial charge in [0.15, 0.2) is 0 Å². The number of hydrogen-bond donors (Lipinski definition) is 0. The number of fused-ring (bicyclic) bond motifs is 4. The van der Waals surface area contributed by atoms with Crippen LogP contribution in [0.25, 0.3) is 49.9 Å². The molecule has 5 nitrogen and oxygen atoms in total. The molecule has 2 aromatic heterocycles. The van der Waals surface area contributed by atoms with Crippen molar-refractivity contribution in [2.75, 3.05) is 9.80 Å². The zero-order valence-corrected chi connectivity index (χ0v) is 46.1. The number of benzene rings is 7. The van der Waals surface area contributed by atoms with Gasteiger partial charge in [0.05, 0.1) is 0 Å². The second-order valence-electron chi connectivity index (χ2n) is 22.3. The van der Waals surface area contributed by atoms with Gasteiger partial charge in [-0.3, -0.25) is 0 Å². The molecule has 10 rings (SSSR count). The Morgan fingerprint density at radius 1 is 0.589 bits per heavy atom. The molecule has 0 amide bonds. The summed E-state index contributed by atoms with van der Waals surface area (Å²) in [6, 6.07) is 51.8. The van der Waals surface area contributed by atoms with Crippen LogP contribution in [0.4, 0.5) is 31.5 Å². The van der Waals surface area contributed by atoms with E-state index in [9.17, 15) is 4.39 Å². The van der Waals surface area contributed by atoms with E-state index in [2.05, 4.69) is 207 Å². The summed E-state index contributed by atoms with van der Waals surface area (Å²) in [6.45, 7) is 28.9. The van der Waals surface area contributed by atoms with Gasteiger partial charge in [0.25, 0.3) is 0 Å². The van der Waals surface area contributed by atoms with E-state index in [4.69, 9.17) is 9.72 Å². The summed E-state index contributed by atoms with van der Waals surface area (Å²) in [5, 5.41) is 2.16. The third-order valence-corrected chi connectivity index (χ3v) is 14.1. The molecule has 0 fully saturated rings. The molecule has 0 spiro atoms. The minimum absolute atomic E-state index is 0. The van der Waals surface area contributed by atoms with E-state index in [0.717, 1.165) is 84.3 Å². The molecule has 8 heteroatoms. The summed E-state index contributed by atoms with van der Waals surface area (Å²) in [7, 11) is 0. The minimum atomic E-state index is -0.597. The van der Waals surface area contributed by atoms with Crippen LogP contribution in [0, 0.1) is 30.4 Å². The molecule has 376 valence electrons. The van der Waals surface area contributed by atoms with E-state index in [1.54, 1.807) is 6.07 Å². The van der Waals surface area contributed by atoms with E-state index in [-0.39, 0.29) is 49.6 Å². The van der Waals surface area contributed by atoms with E-state index < -0.39 is 11.6 Å². The van der Waals surface area contributed by atoms with Gasteiger partial charge in [-0.15, -0.1) is 53.6 Å². The third-order valence-electron chi connectivity index (χ3n) is 14.1. The van der Waals surface area contributed by atoms with Gasteiger partial charge < -0.3 is 19.1 Å². The molecule has 73 heavy (non-hydrogen) atoms. The Kier molecular flexibility index (Phi) is 13.9. The van der Waals surface area contributed by atoms with Crippen molar-refractivity contribution in [2.24, 2.45) is 0 Å². The molecule has 0 saturated heterocycles. The molecule has 0 atom stereocenters. The average molecular weight is 1150 g/mol. The Bertz CT molecular complexity index is 3500. The molecule has 0 saturated carbocycles. The second kappa shape index (κ2) is 19.7. The van der Waals surface area contributed by atoms with E-state index in [0.29, 0.717) is 17.1 Å². The van der Waals surface area contributed by atoms with Gasteiger partial charge >= 0.3 is 0 Å². The van der Waals surface area contributed by atoms with Crippen LogP contribution in [0.1, 0.15) is 129 Å². The predicted molar refractivity (Wildman–Crippen MR) is 295 cm³/mol. The molecular formula is C65H63F2N4OPt-3. The van der Waals surface area contributed by atoms with Crippen LogP contribution in [0.5, 0.6) is 11.5 Å². The fourth-order valence-electron chi connectivity index (χ4n) is 10.2. The SMILES string of the molecule is CC(C)c1ccc2c(c1)N(c1c(C(C)C)cc(-c3ccc(F)cc3F)cc1C(C)C)[CH-]N2c1[c-]c(Oc2[c-]c3c(cc2)c2ccccc2n3-c2ccccn2)cc(-c2ccc(C(C)(C)C)cc2C(C)(C)C)c1.[Pt]. The summed E-state index contributed by atoms with van der Waals surface area (Å²) < 4.78 is 39.0. The summed E-state index contributed by atoms with van der Waals surface area (Å²) >= 11 is 0. The summed E-state index contributed by atoms with van der Waals surface area (Å²) in [6.07, 6.45) is 1.81. The molecule has 0 bridgehead atoms. The molecule has 9 aromatic rings. The maximum atomic E-state index is 15.6. The van der Waals surface area contributed by atoms with Crippen LogP contribution in [-0.2, 0) is 31.9 Å². The van der Waals surface area contributed by atoms with E-state index >= 15 is 4.39 Å². The molecule has 7 aromatic carbocycles. The van der Waals surface area contributed by atoms with Gasteiger partial charge in [0.2, 0.25) is 0 Å². The number of nitrogens with zero attached hydrogens (tertiary/aromatic N) is 4. The molecular weight excluding hydrogens is 1090 g/mol. The first kappa shape index (κ1) is 51.3. The van der Waals surface area contributed by atoms with Crippen LogP contribution in [-0.4, -0.2) is 9.55 Å². The van der Waals surface area contributed by atoms with Gasteiger partial charge in [-0.05, 0) is 128 Å². The van der Waals surface area contributed by atoms with Gasteiger partial charge in [-0.2, -0.15) is 6.07 Å². The number of anilines is 4. The first-order chi connectivity index (χ1) is 34.2. The molecule has 0 aliphatic carbocycles. The Balaban J connectivity index is 0.00000656. The van der Waals surface area contributed by atoms with Crippen molar-refractivity contribution in [1.82, 2.24) is 9.55 Å². The molecule has 0 N–H and O–H groups in total. The van der Waals surface area contributed by atoms with Crippen molar-refractivity contribution in [2.45, 2.75) is 112 Å². The standard InChI is InChI=1S/C65H63F2N4O.Pt/c1-39(2)42-20-27-59-61(33-42)70(63-54(40(3)4)31-44(32-55(63)41(5)6)51-25-22-46(66)35-57(51)67)38-69(59)47-29-43(50-24-21-45(64(7,8)9)34-56(50)65(10,11)12)30-49(36-47)72-48-23-26-53-52-17-13-14-18-58(52)71(60(53)37-48)62-19-15-16-28-68-62;/h13-35,38-41H,1-12H3;/q-3;. The van der Waals surface area contributed by atoms with Crippen molar-refractivity contribution in [3.8, 4) is 39.6 Å². The molecule has 0 unspecified atom stereocenters. The number of para-hydroxylation sites is 1. The number of hydrogen-bond acceptors (Lipinski definition) is 4. The Morgan fingerprint density at radius 2 is 1.29 bits per heavy atom. The minimum Gasteiger partial charge on any atom is -0.509 e. The number of ether oxygens (including phenoxy) is 1. The van der Waals surface area contributed by atoms with Crippen LogP contribution < -0.4 is 14.5 Å². The van der Waals surface area contributed by atoms with Crippen molar-refractivity contribution in [3.63, 3.8) is 0 Å². The Labute approximate surface area is 445 Å². The van der Waals surface area contributed by atoms with Crippen molar-refractivity contribution < 1.29 is 34.6 Å². The first-order valence-electron chi connectivity index (χ1n) is 25.2. The number of halogens is 2. The van der Waals surface area contributed by atoms with Crippen molar-refractivity contribution in [3.05, 3.63) is 198 Å². The number of aromatic nitrogens is 2. The first-order valence-corrected chi connectivity index (χ1v) is 25.2. The van der Waals surface area contributed by atoms with Crippen LogP contribution in [0.2, 0.25) is 0 Å². The van der Waals surface area contributed by atoms with Crippen molar-refractivity contribution in [1.29, 1.82) is 0 Å². The van der Waals surface area contributed by atoms with E-state index in [1.165, 1.54) is 22.8 Å². The predicted octanol–water partition coefficient (Wildman–Crippen LogP) is 18.6. The zero-order valence-electron chi connectivity index (χ0n) is 43.9. The number of pyridine rings is 1. The Hall–Kier alpha value is -6.56. The molecule has 0 radical (unpaired) electrons. The summed E-state index contributed by atoms with van der Waals surface area (Å²) in [4.78, 5) is 9.30. The number of rotatable bonds is 10. The van der Waals surface area contributed by atoms with Gasteiger partial charge in [-0.25, -0.2) is 13.8 Å². The largest absolute Gasteiger partial charge is 0.509 e. The van der Waals surface area contributed by atoms with Crippen LogP contribution in [0.15, 0.2) is 140 Å². The van der Waals surface area contributed by atoms with E-state index in [1.807, 2.05) is 30.5 Å². The van der Waals surface area contributed by atoms with Gasteiger partial charge in [-0.1, -0.05) is 137 Å². The monoisotopic (exact) mass is 1150 g/mol. The maximum Gasteiger partial charge on any atom is 0.135 e. The van der Waals surface area contributed by atoms with Crippen molar-refractivity contribution >= 4 is 44.6 Å². The summed E-state index contributed by atoms with van der Waals surface area (Å²) in [5.41, 5.74) is 14.6. The van der Waals surface area contributed by atoms with Gasteiger partial charge in [0.1, 0.15) is 17.5 Å².